The lowest BCUT2D eigenvalue weighted by molar-refractivity contribution is -0.137. The highest BCUT2D eigenvalue weighted by atomic mass is 32.2. The Kier molecular flexibility index (Phi) is 8.65. The first kappa shape index (κ1) is 27.1. The highest BCUT2D eigenvalue weighted by molar-refractivity contribution is 7.92. The Morgan fingerprint density at radius 3 is 2.29 bits per heavy atom. The van der Waals surface area contributed by atoms with Gasteiger partial charge in [-0.25, -0.2) is 17.2 Å². The number of carbonyl (C=O) groups is 1. The summed E-state index contributed by atoms with van der Waals surface area (Å²) in [7, 11) is -3.91. The smallest absolute Gasteiger partial charge is 0.416 e. The number of amides is 1. The van der Waals surface area contributed by atoms with E-state index in [2.05, 4.69) is 5.32 Å². The first-order valence-corrected chi connectivity index (χ1v) is 11.9. The molecule has 0 spiro atoms. The molecule has 0 fully saturated rings. The standard InChI is InChI=1S/C22H23F5N2O4S/c1-4-9-33-19-12-16(22(25,26)27)7-5-14(19)6-8-20(30)28-13(2)15-10-17(23)21(18(24)11-15)29-34(3,31)32/h5-8,10-13,29H,4,9H2,1-3H3,(H,28,30)/b8-6+/t13-/m1/s1. The number of alkyl halides is 3. The normalized spacial score (nSPS) is 13.1. The van der Waals surface area contributed by atoms with Crippen LogP contribution in [0.5, 0.6) is 5.75 Å². The van der Waals surface area contributed by atoms with Gasteiger partial charge in [-0.3, -0.25) is 9.52 Å². The summed E-state index contributed by atoms with van der Waals surface area (Å²) in [6.07, 6.45) is -0.957. The van der Waals surface area contributed by atoms with Crippen molar-refractivity contribution in [3.63, 3.8) is 0 Å². The van der Waals surface area contributed by atoms with E-state index in [4.69, 9.17) is 4.74 Å². The molecule has 1 atom stereocenters. The molecule has 0 aliphatic carbocycles. The van der Waals surface area contributed by atoms with E-state index in [1.54, 1.807) is 11.6 Å². The van der Waals surface area contributed by atoms with Gasteiger partial charge in [-0.1, -0.05) is 13.0 Å². The molecule has 2 aromatic rings. The van der Waals surface area contributed by atoms with E-state index >= 15 is 0 Å². The quantitative estimate of drug-likeness (QED) is 0.369. The van der Waals surface area contributed by atoms with Gasteiger partial charge in [0.25, 0.3) is 0 Å². The molecule has 2 N–H and O–H groups in total. The molecule has 0 aromatic heterocycles. The number of anilines is 1. The summed E-state index contributed by atoms with van der Waals surface area (Å²) in [6, 6.07) is 3.73. The van der Waals surface area contributed by atoms with Gasteiger partial charge in [-0.2, -0.15) is 13.2 Å². The molecule has 1 amide bonds. The summed E-state index contributed by atoms with van der Waals surface area (Å²) in [4.78, 5) is 12.3. The first-order valence-electron chi connectivity index (χ1n) is 10.0. The number of rotatable bonds is 9. The molecule has 0 aliphatic heterocycles. The predicted molar refractivity (Wildman–Crippen MR) is 118 cm³/mol. The first-order chi connectivity index (χ1) is 15.7. The Bertz CT molecular complexity index is 1160. The second-order valence-electron chi connectivity index (χ2n) is 7.40. The van der Waals surface area contributed by atoms with Crippen molar-refractivity contribution >= 4 is 27.7 Å². The number of nitrogens with one attached hydrogen (secondary N) is 2. The van der Waals surface area contributed by atoms with Crippen molar-refractivity contribution in [2.24, 2.45) is 0 Å². The number of benzene rings is 2. The van der Waals surface area contributed by atoms with Crippen LogP contribution in [0, 0.1) is 11.6 Å². The van der Waals surface area contributed by atoms with Crippen LogP contribution in [0.4, 0.5) is 27.6 Å². The van der Waals surface area contributed by atoms with Crippen LogP contribution in [0.3, 0.4) is 0 Å². The Balaban J connectivity index is 2.18. The predicted octanol–water partition coefficient (Wildman–Crippen LogP) is 5.03. The molecule has 12 heteroatoms. The van der Waals surface area contributed by atoms with Crippen molar-refractivity contribution in [3.8, 4) is 5.75 Å². The minimum absolute atomic E-state index is 0.0253. The fourth-order valence-corrected chi connectivity index (χ4v) is 3.39. The van der Waals surface area contributed by atoms with E-state index < -0.39 is 51.0 Å². The molecule has 0 unspecified atom stereocenters. The largest absolute Gasteiger partial charge is 0.493 e. The van der Waals surface area contributed by atoms with Gasteiger partial charge >= 0.3 is 6.18 Å². The molecular weight excluding hydrogens is 483 g/mol. The summed E-state index contributed by atoms with van der Waals surface area (Å²) >= 11 is 0. The third-order valence-electron chi connectivity index (χ3n) is 4.43. The molecule has 0 saturated heterocycles. The molecule has 34 heavy (non-hydrogen) atoms. The number of hydrogen-bond acceptors (Lipinski definition) is 4. The highest BCUT2D eigenvalue weighted by Crippen LogP contribution is 2.33. The van der Waals surface area contributed by atoms with Gasteiger partial charge < -0.3 is 10.1 Å². The molecule has 2 rings (SSSR count). The van der Waals surface area contributed by atoms with Crippen LogP contribution in [0.25, 0.3) is 6.08 Å². The Morgan fingerprint density at radius 1 is 1.15 bits per heavy atom. The fraction of sp³-hybridized carbons (Fsp3) is 0.318. The van der Waals surface area contributed by atoms with Crippen LogP contribution in [0.2, 0.25) is 0 Å². The van der Waals surface area contributed by atoms with Crippen LogP contribution < -0.4 is 14.8 Å². The van der Waals surface area contributed by atoms with E-state index in [0.717, 1.165) is 36.6 Å². The zero-order chi connectivity index (χ0) is 25.7. The molecule has 0 bridgehead atoms. The molecule has 0 saturated carbocycles. The van der Waals surface area contributed by atoms with Gasteiger partial charge in [0.15, 0.2) is 11.6 Å². The van der Waals surface area contributed by atoms with Crippen LogP contribution in [0.1, 0.15) is 43.0 Å². The summed E-state index contributed by atoms with van der Waals surface area (Å²) in [5.41, 5.74) is -1.48. The molecule has 0 heterocycles. The van der Waals surface area contributed by atoms with Gasteiger partial charge in [0, 0.05) is 11.6 Å². The number of ether oxygens (including phenoxy) is 1. The number of carbonyl (C=O) groups excluding carboxylic acids is 1. The monoisotopic (exact) mass is 506 g/mol. The van der Waals surface area contributed by atoms with E-state index in [1.807, 2.05) is 0 Å². The molecule has 6 nitrogen and oxygen atoms in total. The lowest BCUT2D eigenvalue weighted by Gasteiger charge is -2.15. The van der Waals surface area contributed by atoms with Crippen LogP contribution in [-0.2, 0) is 21.0 Å². The Labute approximate surface area is 193 Å². The maximum Gasteiger partial charge on any atom is 0.416 e. The highest BCUT2D eigenvalue weighted by Gasteiger charge is 2.31. The average molecular weight is 506 g/mol. The van der Waals surface area contributed by atoms with E-state index in [9.17, 15) is 35.2 Å². The topological polar surface area (TPSA) is 84.5 Å². The van der Waals surface area contributed by atoms with Crippen molar-refractivity contribution in [2.75, 3.05) is 17.6 Å². The summed E-state index contributed by atoms with van der Waals surface area (Å²) in [5.74, 6) is -3.07. The SMILES string of the molecule is CCCOc1cc(C(F)(F)F)ccc1/C=C/C(=O)N[C@H](C)c1cc(F)c(NS(C)(=O)=O)c(F)c1. The number of sulfonamides is 1. The van der Waals surface area contributed by atoms with Crippen molar-refractivity contribution in [1.29, 1.82) is 0 Å². The van der Waals surface area contributed by atoms with Gasteiger partial charge in [0.2, 0.25) is 15.9 Å². The molecule has 0 aliphatic rings. The maximum atomic E-state index is 14.2. The Morgan fingerprint density at radius 2 is 1.76 bits per heavy atom. The van der Waals surface area contributed by atoms with Gasteiger partial charge in [0.1, 0.15) is 11.4 Å². The summed E-state index contributed by atoms with van der Waals surface area (Å²) in [5, 5.41) is 2.47. The summed E-state index contributed by atoms with van der Waals surface area (Å²) in [6.45, 7) is 3.40. The lowest BCUT2D eigenvalue weighted by Crippen LogP contribution is -2.25. The van der Waals surface area contributed by atoms with E-state index in [-0.39, 0.29) is 23.5 Å². The van der Waals surface area contributed by atoms with Crippen molar-refractivity contribution in [3.05, 3.63) is 64.7 Å². The third-order valence-corrected chi connectivity index (χ3v) is 5.00. The minimum Gasteiger partial charge on any atom is -0.493 e. The van der Waals surface area contributed by atoms with Crippen LogP contribution in [0.15, 0.2) is 36.4 Å². The molecular formula is C22H23F5N2O4S. The average Bonchev–Trinajstić information content (AvgIpc) is 2.72. The zero-order valence-electron chi connectivity index (χ0n) is 18.5. The van der Waals surface area contributed by atoms with Gasteiger partial charge in [0.05, 0.1) is 24.5 Å². The van der Waals surface area contributed by atoms with Gasteiger partial charge in [-0.15, -0.1) is 0 Å². The number of halogens is 5. The summed E-state index contributed by atoms with van der Waals surface area (Å²) < 4.78 is 96.9. The molecule has 0 radical (unpaired) electrons. The van der Waals surface area contributed by atoms with Crippen LogP contribution in [-0.4, -0.2) is 27.2 Å². The second-order valence-corrected chi connectivity index (χ2v) is 9.14. The second kappa shape index (κ2) is 10.9. The minimum atomic E-state index is -4.56. The maximum absolute atomic E-state index is 14.2. The van der Waals surface area contributed by atoms with E-state index in [1.165, 1.54) is 19.1 Å². The zero-order valence-corrected chi connectivity index (χ0v) is 19.3. The number of hydrogen-bond donors (Lipinski definition) is 2. The molecule has 186 valence electrons. The van der Waals surface area contributed by atoms with Gasteiger partial charge in [-0.05, 0) is 49.2 Å². The third kappa shape index (κ3) is 7.72. The molecule has 2 aromatic carbocycles. The van der Waals surface area contributed by atoms with E-state index in [0.29, 0.717) is 6.42 Å². The lowest BCUT2D eigenvalue weighted by atomic mass is 10.1. The van der Waals surface area contributed by atoms with Crippen molar-refractivity contribution in [1.82, 2.24) is 5.32 Å². The van der Waals surface area contributed by atoms with Crippen molar-refractivity contribution < 1.29 is 39.9 Å². The fourth-order valence-electron chi connectivity index (χ4n) is 2.82. The Hall–Kier alpha value is -3.15. The van der Waals surface area contributed by atoms with Crippen molar-refractivity contribution in [2.45, 2.75) is 32.5 Å². The van der Waals surface area contributed by atoms with Crippen LogP contribution >= 0.6 is 0 Å².